The highest BCUT2D eigenvalue weighted by molar-refractivity contribution is 7.98. The van der Waals surface area contributed by atoms with Crippen LogP contribution in [0.5, 0.6) is 5.75 Å². The Kier molecular flexibility index (Phi) is 5.35. The average Bonchev–Trinajstić information content (AvgIpc) is 3.43. The van der Waals surface area contributed by atoms with Gasteiger partial charge in [-0.1, -0.05) is 23.9 Å². The molecular formula is C21H24N4O5S. The van der Waals surface area contributed by atoms with Crippen molar-refractivity contribution >= 4 is 22.9 Å². The molecule has 1 N–H and O–H groups in total. The SMILES string of the molecule is COc1ccc(CSc2ncnc3c2ncn3C2OC(CO)C3OC(C)(C)OC32)cc1. The van der Waals surface area contributed by atoms with Crippen LogP contribution >= 0.6 is 11.8 Å². The van der Waals surface area contributed by atoms with Crippen LogP contribution in [0, 0.1) is 0 Å². The standard InChI is InChI=1S/C21H24N4O5S/c1-21(2)29-16-14(8-26)28-20(17(16)30-21)25-11-24-15-18(25)22-10-23-19(15)31-9-12-4-6-13(27-3)7-5-12/h4-7,10-11,14,16-17,20,26H,8-9H2,1-3H3. The van der Waals surface area contributed by atoms with Crippen molar-refractivity contribution < 1.29 is 24.1 Å². The van der Waals surface area contributed by atoms with Gasteiger partial charge in [0.2, 0.25) is 0 Å². The van der Waals surface area contributed by atoms with Gasteiger partial charge in [0.05, 0.1) is 20.0 Å². The molecule has 1 aromatic carbocycles. The average molecular weight is 445 g/mol. The largest absolute Gasteiger partial charge is 0.497 e. The topological polar surface area (TPSA) is 101 Å². The number of nitrogens with zero attached hydrogens (tertiary/aromatic N) is 4. The first-order valence-corrected chi connectivity index (χ1v) is 11.0. The van der Waals surface area contributed by atoms with E-state index in [9.17, 15) is 5.11 Å². The lowest BCUT2D eigenvalue weighted by atomic mass is 10.1. The van der Waals surface area contributed by atoms with E-state index in [1.807, 2.05) is 42.7 Å². The van der Waals surface area contributed by atoms with Crippen LogP contribution in [0.2, 0.25) is 0 Å². The highest BCUT2D eigenvalue weighted by Crippen LogP contribution is 2.43. The van der Waals surface area contributed by atoms with Crippen LogP contribution in [0.1, 0.15) is 25.6 Å². The molecule has 2 aliphatic heterocycles. The van der Waals surface area contributed by atoms with Crippen LogP contribution in [0.4, 0.5) is 0 Å². The molecule has 2 aromatic heterocycles. The molecule has 0 amide bonds. The van der Waals surface area contributed by atoms with Crippen LogP contribution < -0.4 is 4.74 Å². The van der Waals surface area contributed by atoms with Gasteiger partial charge in [-0.3, -0.25) is 4.57 Å². The van der Waals surface area contributed by atoms with Gasteiger partial charge in [-0.15, -0.1) is 0 Å². The Balaban J connectivity index is 1.40. The third kappa shape index (κ3) is 3.79. The number of aromatic nitrogens is 4. The summed E-state index contributed by atoms with van der Waals surface area (Å²) in [6, 6.07) is 7.95. The van der Waals surface area contributed by atoms with Gasteiger partial charge >= 0.3 is 0 Å². The Labute approximate surface area is 183 Å². The van der Waals surface area contributed by atoms with Crippen molar-refractivity contribution in [2.45, 2.75) is 55.0 Å². The number of imidazole rings is 1. The summed E-state index contributed by atoms with van der Waals surface area (Å²) < 4.78 is 25.1. The number of thioether (sulfide) groups is 1. The number of rotatable bonds is 6. The van der Waals surface area contributed by atoms with Crippen LogP contribution in [0.25, 0.3) is 11.2 Å². The number of ether oxygens (including phenoxy) is 4. The highest BCUT2D eigenvalue weighted by Gasteiger charge is 2.55. The molecule has 9 nitrogen and oxygen atoms in total. The van der Waals surface area contributed by atoms with Crippen LogP contribution in [0.15, 0.2) is 41.9 Å². The first kappa shape index (κ1) is 20.7. The lowest BCUT2D eigenvalue weighted by Crippen LogP contribution is -2.31. The molecule has 0 bridgehead atoms. The minimum Gasteiger partial charge on any atom is -0.497 e. The molecule has 0 saturated carbocycles. The Morgan fingerprint density at radius 3 is 2.65 bits per heavy atom. The van der Waals surface area contributed by atoms with E-state index in [1.54, 1.807) is 25.2 Å². The predicted molar refractivity (Wildman–Crippen MR) is 113 cm³/mol. The van der Waals surface area contributed by atoms with E-state index in [-0.39, 0.29) is 18.8 Å². The molecule has 31 heavy (non-hydrogen) atoms. The third-order valence-electron chi connectivity index (χ3n) is 5.44. The molecule has 0 aliphatic carbocycles. The first-order chi connectivity index (χ1) is 15.0. The molecule has 4 atom stereocenters. The fourth-order valence-corrected chi connectivity index (χ4v) is 4.92. The monoisotopic (exact) mass is 444 g/mol. The number of hydrogen-bond acceptors (Lipinski definition) is 9. The van der Waals surface area contributed by atoms with Crippen molar-refractivity contribution in [3.8, 4) is 5.75 Å². The first-order valence-electron chi connectivity index (χ1n) is 10.0. The Hall–Kier alpha value is -2.24. The van der Waals surface area contributed by atoms with E-state index in [4.69, 9.17) is 18.9 Å². The van der Waals surface area contributed by atoms with Gasteiger partial charge in [-0.2, -0.15) is 0 Å². The lowest BCUT2D eigenvalue weighted by molar-refractivity contribution is -0.199. The second kappa shape index (κ2) is 8.03. The Morgan fingerprint density at radius 2 is 1.90 bits per heavy atom. The van der Waals surface area contributed by atoms with Crippen molar-refractivity contribution in [1.82, 2.24) is 19.5 Å². The number of methoxy groups -OCH3 is 1. The number of fused-ring (bicyclic) bond motifs is 2. The normalized spacial score (nSPS) is 27.0. The molecule has 2 saturated heterocycles. The number of hydrogen-bond donors (Lipinski definition) is 1. The second-order valence-corrected chi connectivity index (χ2v) is 8.92. The van der Waals surface area contributed by atoms with Crippen molar-refractivity contribution in [2.75, 3.05) is 13.7 Å². The van der Waals surface area contributed by atoms with E-state index < -0.39 is 18.1 Å². The van der Waals surface area contributed by atoms with E-state index in [2.05, 4.69) is 15.0 Å². The molecule has 0 radical (unpaired) electrons. The maximum atomic E-state index is 9.74. The van der Waals surface area contributed by atoms with Crippen molar-refractivity contribution in [3.63, 3.8) is 0 Å². The van der Waals surface area contributed by atoms with Gasteiger partial charge in [0, 0.05) is 5.75 Å². The lowest BCUT2D eigenvalue weighted by Gasteiger charge is -2.24. The van der Waals surface area contributed by atoms with Crippen molar-refractivity contribution in [1.29, 1.82) is 0 Å². The van der Waals surface area contributed by atoms with E-state index in [1.165, 1.54) is 6.33 Å². The van der Waals surface area contributed by atoms with Crippen LogP contribution in [-0.4, -0.2) is 62.4 Å². The van der Waals surface area contributed by atoms with E-state index in [0.717, 1.165) is 22.1 Å². The minimum atomic E-state index is -0.741. The summed E-state index contributed by atoms with van der Waals surface area (Å²) in [6.07, 6.45) is 1.53. The van der Waals surface area contributed by atoms with Gasteiger partial charge in [0.25, 0.3) is 0 Å². The highest BCUT2D eigenvalue weighted by atomic mass is 32.2. The van der Waals surface area contributed by atoms with Crippen LogP contribution in [-0.2, 0) is 20.0 Å². The molecule has 0 spiro atoms. The quantitative estimate of drug-likeness (QED) is 0.454. The maximum Gasteiger partial charge on any atom is 0.166 e. The molecule has 3 aromatic rings. The summed E-state index contributed by atoms with van der Waals surface area (Å²) in [5.74, 6) is 0.829. The van der Waals surface area contributed by atoms with Gasteiger partial charge in [-0.05, 0) is 31.5 Å². The van der Waals surface area contributed by atoms with Gasteiger partial charge in [0.15, 0.2) is 17.7 Å². The third-order valence-corrected chi connectivity index (χ3v) is 6.49. The Morgan fingerprint density at radius 1 is 1.13 bits per heavy atom. The van der Waals surface area contributed by atoms with Gasteiger partial charge in [0.1, 0.15) is 40.9 Å². The minimum absolute atomic E-state index is 0.151. The summed E-state index contributed by atoms with van der Waals surface area (Å²) >= 11 is 1.59. The molecule has 4 heterocycles. The molecule has 2 aliphatic rings. The maximum absolute atomic E-state index is 9.74. The smallest absolute Gasteiger partial charge is 0.166 e. The zero-order valence-corrected chi connectivity index (χ0v) is 18.3. The van der Waals surface area contributed by atoms with Gasteiger partial charge in [-0.25, -0.2) is 15.0 Å². The zero-order valence-electron chi connectivity index (χ0n) is 17.5. The number of benzene rings is 1. The summed E-state index contributed by atoms with van der Waals surface area (Å²) in [7, 11) is 1.65. The van der Waals surface area contributed by atoms with E-state index >= 15 is 0 Å². The van der Waals surface area contributed by atoms with Crippen molar-refractivity contribution in [2.24, 2.45) is 0 Å². The van der Waals surface area contributed by atoms with Crippen molar-refractivity contribution in [3.05, 3.63) is 42.5 Å². The fraction of sp³-hybridized carbons (Fsp3) is 0.476. The number of aliphatic hydroxyl groups is 1. The molecule has 164 valence electrons. The molecule has 4 unspecified atom stereocenters. The molecular weight excluding hydrogens is 420 g/mol. The summed E-state index contributed by atoms with van der Waals surface area (Å²) in [5.41, 5.74) is 2.51. The second-order valence-electron chi connectivity index (χ2n) is 7.95. The molecule has 5 rings (SSSR count). The summed E-state index contributed by atoms with van der Waals surface area (Å²) in [4.78, 5) is 13.4. The predicted octanol–water partition coefficient (Wildman–Crippen LogP) is 2.54. The van der Waals surface area contributed by atoms with Gasteiger partial charge < -0.3 is 24.1 Å². The molecule has 10 heteroatoms. The van der Waals surface area contributed by atoms with Crippen LogP contribution in [0.3, 0.4) is 0 Å². The van der Waals surface area contributed by atoms with E-state index in [0.29, 0.717) is 11.2 Å². The molecule has 2 fully saturated rings. The zero-order chi connectivity index (χ0) is 21.6. The Bertz CT molecular complexity index is 1070. The summed E-state index contributed by atoms with van der Waals surface area (Å²) in [5, 5.41) is 10.5. The fourth-order valence-electron chi connectivity index (χ4n) is 4.03. The summed E-state index contributed by atoms with van der Waals surface area (Å²) in [6.45, 7) is 3.57. The number of aliphatic hydroxyl groups excluding tert-OH is 1.